The van der Waals surface area contributed by atoms with E-state index in [0.29, 0.717) is 28.5 Å². The lowest BCUT2D eigenvalue weighted by Crippen LogP contribution is -2.16. The first kappa shape index (κ1) is 21.3. The van der Waals surface area contributed by atoms with E-state index in [1.54, 1.807) is 55.6 Å². The van der Waals surface area contributed by atoms with Gasteiger partial charge >= 0.3 is 0 Å². The third-order valence-corrected chi connectivity index (χ3v) is 7.48. The van der Waals surface area contributed by atoms with Gasteiger partial charge < -0.3 is 9.26 Å². The number of sulfone groups is 1. The molecule has 1 aliphatic heterocycles. The Morgan fingerprint density at radius 1 is 1.13 bits per heavy atom. The molecule has 0 saturated heterocycles. The molecule has 0 unspecified atom stereocenters. The van der Waals surface area contributed by atoms with E-state index in [4.69, 9.17) is 9.26 Å². The number of aromatic nitrogens is 1. The number of benzene rings is 2. The standard InChI is InChI=1S/C22H20N2O5S2/c1-14-3-5-16(6-4-14)21(25)19-20(15-7-9-17(28-2)10-8-15)24-29-22(19)31(26,27)13-18-23-11-12-30-18/h3-10H,11-13H2,1-2H3. The topological polar surface area (TPSA) is 98.8 Å². The summed E-state index contributed by atoms with van der Waals surface area (Å²) >= 11 is 1.39. The molecule has 0 saturated carbocycles. The van der Waals surface area contributed by atoms with E-state index in [9.17, 15) is 13.2 Å². The molecule has 31 heavy (non-hydrogen) atoms. The number of hydrogen-bond donors (Lipinski definition) is 0. The number of aryl methyl sites for hydroxylation is 1. The average molecular weight is 457 g/mol. The van der Waals surface area contributed by atoms with Crippen LogP contribution in [0.3, 0.4) is 0 Å². The molecule has 0 N–H and O–H groups in total. The van der Waals surface area contributed by atoms with E-state index in [2.05, 4.69) is 10.1 Å². The van der Waals surface area contributed by atoms with Crippen molar-refractivity contribution in [2.75, 3.05) is 25.2 Å². The number of carbonyl (C=O) groups excluding carboxylic acids is 1. The summed E-state index contributed by atoms with van der Waals surface area (Å²) in [4.78, 5) is 17.6. The van der Waals surface area contributed by atoms with E-state index >= 15 is 0 Å². The number of carbonyl (C=O) groups is 1. The molecule has 4 rings (SSSR count). The van der Waals surface area contributed by atoms with Crippen LogP contribution in [0.2, 0.25) is 0 Å². The van der Waals surface area contributed by atoms with Crippen LogP contribution in [-0.2, 0) is 9.84 Å². The number of hydrogen-bond acceptors (Lipinski definition) is 8. The van der Waals surface area contributed by atoms with Crippen LogP contribution in [-0.4, -0.2) is 49.6 Å². The van der Waals surface area contributed by atoms with Gasteiger partial charge in [-0.25, -0.2) is 8.42 Å². The molecule has 3 aromatic rings. The Balaban J connectivity index is 1.84. The van der Waals surface area contributed by atoms with Gasteiger partial charge in [0.2, 0.25) is 9.84 Å². The first-order valence-electron chi connectivity index (χ1n) is 9.53. The molecule has 0 aliphatic carbocycles. The molecule has 0 radical (unpaired) electrons. The van der Waals surface area contributed by atoms with Gasteiger partial charge in [0.1, 0.15) is 22.8 Å². The largest absolute Gasteiger partial charge is 0.497 e. The number of ether oxygens (including phenoxy) is 1. The zero-order chi connectivity index (χ0) is 22.0. The molecule has 0 amide bonds. The SMILES string of the molecule is COc1ccc(-c2noc(S(=O)(=O)CC3=NCCS3)c2C(=O)c2ccc(C)cc2)cc1. The Bertz CT molecular complexity index is 1240. The van der Waals surface area contributed by atoms with Crippen molar-refractivity contribution < 1.29 is 22.5 Å². The minimum absolute atomic E-state index is 0.0717. The van der Waals surface area contributed by atoms with Crippen molar-refractivity contribution in [3.63, 3.8) is 0 Å². The summed E-state index contributed by atoms with van der Waals surface area (Å²) in [7, 11) is -2.41. The predicted octanol–water partition coefficient (Wildman–Crippen LogP) is 3.81. The van der Waals surface area contributed by atoms with Crippen molar-refractivity contribution in [3.05, 3.63) is 65.2 Å². The maximum atomic E-state index is 13.4. The molecular formula is C22H20N2O5S2. The lowest BCUT2D eigenvalue weighted by Gasteiger charge is -2.06. The van der Waals surface area contributed by atoms with Crippen LogP contribution >= 0.6 is 11.8 Å². The fourth-order valence-electron chi connectivity index (χ4n) is 3.18. The molecule has 0 bridgehead atoms. The van der Waals surface area contributed by atoms with Crippen LogP contribution in [0, 0.1) is 6.92 Å². The first-order valence-corrected chi connectivity index (χ1v) is 12.2. The van der Waals surface area contributed by atoms with E-state index in [1.165, 1.54) is 11.8 Å². The van der Waals surface area contributed by atoms with Crippen LogP contribution in [0.4, 0.5) is 0 Å². The highest BCUT2D eigenvalue weighted by molar-refractivity contribution is 8.15. The fraction of sp³-hybridized carbons (Fsp3) is 0.227. The normalized spacial score (nSPS) is 13.8. The highest BCUT2D eigenvalue weighted by atomic mass is 32.2. The highest BCUT2D eigenvalue weighted by Gasteiger charge is 2.34. The minimum Gasteiger partial charge on any atom is -0.497 e. The Kier molecular flexibility index (Phi) is 5.97. The Morgan fingerprint density at radius 3 is 2.45 bits per heavy atom. The molecule has 2 heterocycles. The van der Waals surface area contributed by atoms with Gasteiger partial charge in [0.05, 0.1) is 12.2 Å². The quantitative estimate of drug-likeness (QED) is 0.499. The Morgan fingerprint density at radius 2 is 1.84 bits per heavy atom. The smallest absolute Gasteiger partial charge is 0.262 e. The summed E-state index contributed by atoms with van der Waals surface area (Å²) in [5, 5.41) is 4.06. The summed E-state index contributed by atoms with van der Waals surface area (Å²) in [6.07, 6.45) is 0. The van der Waals surface area contributed by atoms with Gasteiger partial charge in [0.15, 0.2) is 5.78 Å². The second-order valence-electron chi connectivity index (χ2n) is 7.00. The molecule has 9 heteroatoms. The molecule has 2 aromatic carbocycles. The predicted molar refractivity (Wildman–Crippen MR) is 120 cm³/mol. The average Bonchev–Trinajstić information content (AvgIpc) is 3.44. The summed E-state index contributed by atoms with van der Waals surface area (Å²) in [5.41, 5.74) is 1.99. The summed E-state index contributed by atoms with van der Waals surface area (Å²) in [5.74, 6) is 0.589. The Labute approximate surface area is 184 Å². The monoisotopic (exact) mass is 456 g/mol. The van der Waals surface area contributed by atoms with Gasteiger partial charge in [-0.1, -0.05) is 35.0 Å². The van der Waals surface area contributed by atoms with E-state index in [1.807, 2.05) is 6.92 Å². The van der Waals surface area contributed by atoms with Crippen LogP contribution in [0.25, 0.3) is 11.3 Å². The lowest BCUT2D eigenvalue weighted by molar-refractivity contribution is 0.103. The van der Waals surface area contributed by atoms with Crippen molar-refractivity contribution >= 4 is 32.4 Å². The van der Waals surface area contributed by atoms with Gasteiger partial charge in [-0.05, 0) is 31.2 Å². The number of methoxy groups -OCH3 is 1. The van der Waals surface area contributed by atoms with Gasteiger partial charge in [-0.3, -0.25) is 9.79 Å². The van der Waals surface area contributed by atoms with E-state index in [0.717, 1.165) is 11.3 Å². The number of ketones is 1. The minimum atomic E-state index is -3.96. The maximum absolute atomic E-state index is 13.4. The molecule has 1 aromatic heterocycles. The highest BCUT2D eigenvalue weighted by Crippen LogP contribution is 2.33. The zero-order valence-corrected chi connectivity index (χ0v) is 18.6. The van der Waals surface area contributed by atoms with Gasteiger partial charge in [-0.15, -0.1) is 11.8 Å². The lowest BCUT2D eigenvalue weighted by atomic mass is 9.99. The van der Waals surface area contributed by atoms with Crippen molar-refractivity contribution in [2.24, 2.45) is 4.99 Å². The molecule has 1 aliphatic rings. The number of nitrogens with zero attached hydrogens (tertiary/aromatic N) is 2. The van der Waals surface area contributed by atoms with Gasteiger partial charge in [-0.2, -0.15) is 0 Å². The molecule has 7 nitrogen and oxygen atoms in total. The van der Waals surface area contributed by atoms with Gasteiger partial charge in [0, 0.05) is 23.4 Å². The summed E-state index contributed by atoms with van der Waals surface area (Å²) in [6.45, 7) is 2.49. The zero-order valence-electron chi connectivity index (χ0n) is 17.0. The second kappa shape index (κ2) is 8.68. The second-order valence-corrected chi connectivity index (χ2v) is 10.1. The van der Waals surface area contributed by atoms with E-state index < -0.39 is 20.7 Å². The molecule has 0 atom stereocenters. The third kappa shape index (κ3) is 4.42. The molecule has 0 fully saturated rings. The van der Waals surface area contributed by atoms with Gasteiger partial charge in [0.25, 0.3) is 5.09 Å². The summed E-state index contributed by atoms with van der Waals surface area (Å²) < 4.78 is 36.8. The maximum Gasteiger partial charge on any atom is 0.262 e. The first-order chi connectivity index (χ1) is 14.9. The molecule has 0 spiro atoms. The van der Waals surface area contributed by atoms with E-state index in [-0.39, 0.29) is 17.0 Å². The number of rotatable bonds is 7. The van der Waals surface area contributed by atoms with Crippen molar-refractivity contribution in [2.45, 2.75) is 12.0 Å². The van der Waals surface area contributed by atoms with Crippen LogP contribution in [0.15, 0.2) is 63.1 Å². The number of aliphatic imine (C=N–C) groups is 1. The van der Waals surface area contributed by atoms with Crippen molar-refractivity contribution in [1.82, 2.24) is 5.16 Å². The van der Waals surface area contributed by atoms with Crippen LogP contribution in [0.1, 0.15) is 21.5 Å². The molecular weight excluding hydrogens is 436 g/mol. The van der Waals surface area contributed by atoms with Crippen molar-refractivity contribution in [1.29, 1.82) is 0 Å². The van der Waals surface area contributed by atoms with Crippen molar-refractivity contribution in [3.8, 4) is 17.0 Å². The number of thioether (sulfide) groups is 1. The fourth-order valence-corrected chi connectivity index (χ4v) is 5.78. The third-order valence-electron chi connectivity index (χ3n) is 4.81. The van der Waals surface area contributed by atoms with Crippen LogP contribution < -0.4 is 4.74 Å². The van der Waals surface area contributed by atoms with Crippen LogP contribution in [0.5, 0.6) is 5.75 Å². The Hall–Kier alpha value is -2.91. The summed E-state index contributed by atoms with van der Waals surface area (Å²) in [6, 6.07) is 13.7. The molecule has 160 valence electrons.